The van der Waals surface area contributed by atoms with E-state index in [0.717, 1.165) is 10.8 Å². The van der Waals surface area contributed by atoms with E-state index in [1.807, 2.05) is 18.2 Å². The van der Waals surface area contributed by atoms with Gasteiger partial charge in [-0.1, -0.05) is 30.3 Å². The van der Waals surface area contributed by atoms with Crippen LogP contribution in [0.3, 0.4) is 0 Å². The minimum Gasteiger partial charge on any atom is -0.300 e. The first-order valence-electron chi connectivity index (χ1n) is 4.56. The first-order valence-corrected chi connectivity index (χ1v) is 5.55. The van der Waals surface area contributed by atoms with Crippen LogP contribution in [-0.2, 0) is 5.75 Å². The van der Waals surface area contributed by atoms with Crippen LogP contribution < -0.4 is 5.69 Å². The second kappa shape index (κ2) is 4.79. The second-order valence-electron chi connectivity index (χ2n) is 3.01. The molecule has 0 amide bonds. The number of nitrogens with zero attached hydrogens (tertiary/aromatic N) is 1. The lowest BCUT2D eigenvalue weighted by Crippen LogP contribution is -2.08. The zero-order valence-corrected chi connectivity index (χ0v) is 8.83. The van der Waals surface area contributed by atoms with Gasteiger partial charge in [-0.25, -0.2) is 9.78 Å². The molecule has 1 aromatic carbocycles. The summed E-state index contributed by atoms with van der Waals surface area (Å²) in [6.07, 6.45) is 1.52. The summed E-state index contributed by atoms with van der Waals surface area (Å²) in [6, 6.07) is 11.9. The number of nitrogens with one attached hydrogen (secondary N) is 1. The molecular formula is C11H10N2OS. The van der Waals surface area contributed by atoms with Gasteiger partial charge in [0, 0.05) is 11.9 Å². The molecule has 0 saturated heterocycles. The van der Waals surface area contributed by atoms with Crippen molar-refractivity contribution in [1.29, 1.82) is 0 Å². The molecule has 4 heteroatoms. The molecular weight excluding hydrogens is 208 g/mol. The number of rotatable bonds is 3. The SMILES string of the molecule is O=c1nccc(SCc2ccccc2)[nH]1. The Morgan fingerprint density at radius 3 is 2.73 bits per heavy atom. The minimum atomic E-state index is -0.298. The van der Waals surface area contributed by atoms with Crippen molar-refractivity contribution in [2.45, 2.75) is 10.8 Å². The van der Waals surface area contributed by atoms with Crippen molar-refractivity contribution < 1.29 is 0 Å². The highest BCUT2D eigenvalue weighted by atomic mass is 32.2. The molecule has 0 atom stereocenters. The Morgan fingerprint density at radius 2 is 2.00 bits per heavy atom. The van der Waals surface area contributed by atoms with Crippen LogP contribution in [0.4, 0.5) is 0 Å². The van der Waals surface area contributed by atoms with Gasteiger partial charge in [-0.05, 0) is 11.6 Å². The van der Waals surface area contributed by atoms with Gasteiger partial charge in [0.1, 0.15) is 0 Å². The van der Waals surface area contributed by atoms with Crippen LogP contribution in [0.2, 0.25) is 0 Å². The van der Waals surface area contributed by atoms with Gasteiger partial charge in [0.05, 0.1) is 5.03 Å². The van der Waals surface area contributed by atoms with Gasteiger partial charge in [0.25, 0.3) is 0 Å². The Labute approximate surface area is 91.6 Å². The summed E-state index contributed by atoms with van der Waals surface area (Å²) in [6.45, 7) is 0. The van der Waals surface area contributed by atoms with E-state index >= 15 is 0 Å². The molecule has 3 nitrogen and oxygen atoms in total. The predicted molar refractivity (Wildman–Crippen MR) is 60.9 cm³/mol. The Kier molecular flexibility index (Phi) is 3.19. The van der Waals surface area contributed by atoms with Crippen molar-refractivity contribution >= 4 is 11.8 Å². The van der Waals surface area contributed by atoms with E-state index in [-0.39, 0.29) is 5.69 Å². The summed E-state index contributed by atoms with van der Waals surface area (Å²) in [5.74, 6) is 0.848. The monoisotopic (exact) mass is 218 g/mol. The fourth-order valence-electron chi connectivity index (χ4n) is 1.17. The van der Waals surface area contributed by atoms with Crippen molar-refractivity contribution in [2.24, 2.45) is 0 Å². The average Bonchev–Trinajstić information content (AvgIpc) is 2.28. The Hall–Kier alpha value is -1.55. The quantitative estimate of drug-likeness (QED) is 0.633. The van der Waals surface area contributed by atoms with E-state index < -0.39 is 0 Å². The third-order valence-corrected chi connectivity index (χ3v) is 2.91. The fraction of sp³-hybridized carbons (Fsp3) is 0.0909. The molecule has 1 heterocycles. The summed E-state index contributed by atoms with van der Waals surface area (Å²) in [5.41, 5.74) is 0.938. The van der Waals surface area contributed by atoms with E-state index in [9.17, 15) is 4.79 Å². The molecule has 0 aliphatic rings. The smallest absolute Gasteiger partial charge is 0.300 e. The normalized spacial score (nSPS) is 10.1. The molecule has 0 spiro atoms. The molecule has 76 valence electrons. The predicted octanol–water partition coefficient (Wildman–Crippen LogP) is 2.06. The largest absolute Gasteiger partial charge is 0.345 e. The molecule has 1 N–H and O–H groups in total. The lowest BCUT2D eigenvalue weighted by molar-refractivity contribution is 0.978. The number of hydrogen-bond donors (Lipinski definition) is 1. The van der Waals surface area contributed by atoms with Crippen LogP contribution >= 0.6 is 11.8 Å². The Morgan fingerprint density at radius 1 is 1.20 bits per heavy atom. The second-order valence-corrected chi connectivity index (χ2v) is 4.03. The van der Waals surface area contributed by atoms with Crippen molar-refractivity contribution in [3.8, 4) is 0 Å². The number of benzene rings is 1. The Balaban J connectivity index is 2.02. The van der Waals surface area contributed by atoms with Crippen molar-refractivity contribution in [3.63, 3.8) is 0 Å². The maximum absolute atomic E-state index is 10.9. The molecule has 0 aliphatic heterocycles. The molecule has 1 aromatic heterocycles. The lowest BCUT2D eigenvalue weighted by atomic mass is 10.2. The molecule has 0 bridgehead atoms. The summed E-state index contributed by atoms with van der Waals surface area (Å²) in [5, 5.41) is 0.846. The molecule has 2 rings (SSSR count). The number of thioether (sulfide) groups is 1. The number of aromatic nitrogens is 2. The maximum Gasteiger partial charge on any atom is 0.345 e. The molecule has 15 heavy (non-hydrogen) atoms. The van der Waals surface area contributed by atoms with Crippen LogP contribution in [0.5, 0.6) is 0 Å². The molecule has 0 aliphatic carbocycles. The summed E-state index contributed by atoms with van der Waals surface area (Å²) in [7, 11) is 0. The van der Waals surface area contributed by atoms with E-state index in [1.165, 1.54) is 11.8 Å². The van der Waals surface area contributed by atoms with Gasteiger partial charge in [0.15, 0.2) is 0 Å². The van der Waals surface area contributed by atoms with Gasteiger partial charge in [-0.2, -0.15) is 0 Å². The Bertz CT molecular complexity index is 481. The lowest BCUT2D eigenvalue weighted by Gasteiger charge is -2.00. The van der Waals surface area contributed by atoms with Gasteiger partial charge < -0.3 is 4.98 Å². The van der Waals surface area contributed by atoms with Crippen LogP contribution in [0.15, 0.2) is 52.4 Å². The van der Waals surface area contributed by atoms with Gasteiger partial charge in [-0.3, -0.25) is 0 Å². The van der Waals surface area contributed by atoms with Crippen molar-refractivity contribution in [1.82, 2.24) is 9.97 Å². The summed E-state index contributed by atoms with van der Waals surface area (Å²) >= 11 is 1.59. The highest BCUT2D eigenvalue weighted by molar-refractivity contribution is 7.98. The number of H-pyrrole nitrogens is 1. The number of aromatic amines is 1. The first kappa shape index (κ1) is 9.98. The van der Waals surface area contributed by atoms with Crippen LogP contribution in [0, 0.1) is 0 Å². The van der Waals surface area contributed by atoms with E-state index in [4.69, 9.17) is 0 Å². The summed E-state index contributed by atoms with van der Waals surface area (Å²) in [4.78, 5) is 17.2. The van der Waals surface area contributed by atoms with E-state index in [1.54, 1.807) is 17.8 Å². The first-order chi connectivity index (χ1) is 7.34. The fourth-order valence-corrected chi connectivity index (χ4v) is 2.00. The summed E-state index contributed by atoms with van der Waals surface area (Å²) < 4.78 is 0. The van der Waals surface area contributed by atoms with Crippen molar-refractivity contribution in [2.75, 3.05) is 0 Å². The van der Waals surface area contributed by atoms with Crippen LogP contribution in [0.25, 0.3) is 0 Å². The van der Waals surface area contributed by atoms with Gasteiger partial charge >= 0.3 is 5.69 Å². The third kappa shape index (κ3) is 2.95. The van der Waals surface area contributed by atoms with Gasteiger partial charge in [0.2, 0.25) is 0 Å². The highest BCUT2D eigenvalue weighted by Crippen LogP contribution is 2.18. The number of hydrogen-bond acceptors (Lipinski definition) is 3. The average molecular weight is 218 g/mol. The third-order valence-electron chi connectivity index (χ3n) is 1.88. The van der Waals surface area contributed by atoms with E-state index in [2.05, 4.69) is 22.1 Å². The topological polar surface area (TPSA) is 45.8 Å². The zero-order chi connectivity index (χ0) is 10.5. The van der Waals surface area contributed by atoms with Crippen LogP contribution in [-0.4, -0.2) is 9.97 Å². The molecule has 0 saturated carbocycles. The maximum atomic E-state index is 10.9. The van der Waals surface area contributed by atoms with Gasteiger partial charge in [-0.15, -0.1) is 11.8 Å². The molecule has 0 unspecified atom stereocenters. The standard InChI is InChI=1S/C11H10N2OS/c14-11-12-7-6-10(13-11)15-8-9-4-2-1-3-5-9/h1-7H,8H2,(H,12,13,14). The zero-order valence-electron chi connectivity index (χ0n) is 8.01. The highest BCUT2D eigenvalue weighted by Gasteiger charge is 1.96. The van der Waals surface area contributed by atoms with Crippen molar-refractivity contribution in [3.05, 3.63) is 58.6 Å². The molecule has 0 fully saturated rings. The minimum absolute atomic E-state index is 0.298. The van der Waals surface area contributed by atoms with Crippen LogP contribution in [0.1, 0.15) is 5.56 Å². The molecule has 2 aromatic rings. The van der Waals surface area contributed by atoms with E-state index in [0.29, 0.717) is 0 Å². The molecule has 0 radical (unpaired) electrons.